The van der Waals surface area contributed by atoms with Crippen molar-refractivity contribution in [2.45, 2.75) is 6.42 Å². The smallest absolute Gasteiger partial charge is 0.372 e. The van der Waals surface area contributed by atoms with Crippen molar-refractivity contribution in [3.63, 3.8) is 0 Å². The number of carbonyl (C=O) groups excluding carboxylic acids is 2. The van der Waals surface area contributed by atoms with E-state index in [1.807, 2.05) is 0 Å². The van der Waals surface area contributed by atoms with E-state index in [4.69, 9.17) is 10.8 Å². The second-order valence-electron chi connectivity index (χ2n) is 1.87. The first kappa shape index (κ1) is 9.35. The third-order valence-corrected chi connectivity index (χ3v) is 0.961. The predicted octanol–water partition coefficient (Wildman–Crippen LogP) is -0.928. The van der Waals surface area contributed by atoms with Crippen LogP contribution in [0.5, 0.6) is 0 Å². The number of rotatable bonds is 4. The van der Waals surface area contributed by atoms with Crippen molar-refractivity contribution in [3.8, 4) is 0 Å². The molecule has 0 aromatic rings. The largest absolute Gasteiger partial charge is 0.475 e. The van der Waals surface area contributed by atoms with Crippen LogP contribution >= 0.6 is 0 Å². The Morgan fingerprint density at radius 3 is 2.09 bits per heavy atom. The van der Waals surface area contributed by atoms with Gasteiger partial charge < -0.3 is 10.8 Å². The molecule has 0 fully saturated rings. The third kappa shape index (κ3) is 3.14. The average molecular weight is 157 g/mol. The lowest BCUT2D eigenvalue weighted by Gasteiger charge is -1.94. The van der Waals surface area contributed by atoms with E-state index in [1.54, 1.807) is 0 Å². The first-order chi connectivity index (χ1) is 4.95. The second kappa shape index (κ2) is 3.50. The van der Waals surface area contributed by atoms with Crippen LogP contribution in [-0.2, 0) is 14.4 Å². The molecule has 11 heavy (non-hydrogen) atoms. The zero-order chi connectivity index (χ0) is 9.02. The first-order valence-electron chi connectivity index (χ1n) is 2.69. The number of hydrogen-bond acceptors (Lipinski definition) is 3. The summed E-state index contributed by atoms with van der Waals surface area (Å²) in [4.78, 5) is 30.5. The highest BCUT2D eigenvalue weighted by Crippen LogP contribution is 1.96. The SMILES string of the molecule is C=C(CC(=O)C(=O)O)C(N)=O. The Labute approximate surface area is 62.5 Å². The van der Waals surface area contributed by atoms with Crippen molar-refractivity contribution < 1.29 is 19.5 Å². The number of carboxylic acids is 1. The number of Topliss-reactive ketones (excluding diaryl/α,β-unsaturated/α-hetero) is 1. The summed E-state index contributed by atoms with van der Waals surface area (Å²) in [5, 5.41) is 8.07. The van der Waals surface area contributed by atoms with Crippen molar-refractivity contribution in [1.29, 1.82) is 0 Å². The summed E-state index contributed by atoms with van der Waals surface area (Å²) >= 11 is 0. The quantitative estimate of drug-likeness (QED) is 0.407. The Morgan fingerprint density at radius 1 is 1.36 bits per heavy atom. The van der Waals surface area contributed by atoms with Gasteiger partial charge in [0.05, 0.1) is 0 Å². The molecule has 0 aliphatic heterocycles. The predicted molar refractivity (Wildman–Crippen MR) is 35.6 cm³/mol. The van der Waals surface area contributed by atoms with Crippen molar-refractivity contribution in [2.24, 2.45) is 5.73 Å². The minimum absolute atomic E-state index is 0.197. The van der Waals surface area contributed by atoms with E-state index in [-0.39, 0.29) is 5.57 Å². The summed E-state index contributed by atoms with van der Waals surface area (Å²) in [6, 6.07) is 0. The highest BCUT2D eigenvalue weighted by molar-refractivity contribution is 6.34. The molecule has 0 aliphatic carbocycles. The molecule has 0 rings (SSSR count). The van der Waals surface area contributed by atoms with Crippen molar-refractivity contribution in [3.05, 3.63) is 12.2 Å². The van der Waals surface area contributed by atoms with Gasteiger partial charge >= 0.3 is 5.97 Å². The minimum Gasteiger partial charge on any atom is -0.475 e. The summed E-state index contributed by atoms with van der Waals surface area (Å²) < 4.78 is 0. The molecule has 5 heteroatoms. The zero-order valence-corrected chi connectivity index (χ0v) is 5.66. The van der Waals surface area contributed by atoms with Crippen LogP contribution in [0.1, 0.15) is 6.42 Å². The maximum absolute atomic E-state index is 10.4. The van der Waals surface area contributed by atoms with E-state index in [0.29, 0.717) is 0 Å². The Balaban J connectivity index is 4.07. The summed E-state index contributed by atoms with van der Waals surface area (Å²) in [5.74, 6) is -3.54. The van der Waals surface area contributed by atoms with Crippen molar-refractivity contribution >= 4 is 17.7 Å². The fourth-order valence-electron chi connectivity index (χ4n) is 0.357. The summed E-state index contributed by atoms with van der Waals surface area (Å²) in [7, 11) is 0. The van der Waals surface area contributed by atoms with Gasteiger partial charge in [0, 0.05) is 12.0 Å². The van der Waals surface area contributed by atoms with Crippen LogP contribution in [0, 0.1) is 0 Å². The average Bonchev–Trinajstić information content (AvgIpc) is 1.87. The number of hydrogen-bond donors (Lipinski definition) is 2. The van der Waals surface area contributed by atoms with E-state index in [2.05, 4.69) is 6.58 Å². The third-order valence-electron chi connectivity index (χ3n) is 0.961. The molecule has 0 atom stereocenters. The van der Waals surface area contributed by atoms with Gasteiger partial charge in [0.25, 0.3) is 0 Å². The molecule has 0 unspecified atom stereocenters. The number of nitrogens with two attached hydrogens (primary N) is 1. The van der Waals surface area contributed by atoms with Crippen LogP contribution < -0.4 is 5.73 Å². The lowest BCUT2D eigenvalue weighted by molar-refractivity contribution is -0.148. The van der Waals surface area contributed by atoms with Gasteiger partial charge in [0.1, 0.15) is 0 Å². The Bertz CT molecular complexity index is 207. The summed E-state index contributed by atoms with van der Waals surface area (Å²) in [6.07, 6.45) is -0.523. The monoisotopic (exact) mass is 157 g/mol. The maximum atomic E-state index is 10.4. The Morgan fingerprint density at radius 2 is 1.82 bits per heavy atom. The molecule has 0 saturated heterocycles. The minimum atomic E-state index is -1.59. The van der Waals surface area contributed by atoms with Gasteiger partial charge in [-0.3, -0.25) is 9.59 Å². The van der Waals surface area contributed by atoms with E-state index in [1.165, 1.54) is 0 Å². The highest BCUT2D eigenvalue weighted by Gasteiger charge is 2.14. The molecule has 0 bridgehead atoms. The van der Waals surface area contributed by atoms with Crippen LogP contribution in [0.25, 0.3) is 0 Å². The topological polar surface area (TPSA) is 97.5 Å². The highest BCUT2D eigenvalue weighted by atomic mass is 16.4. The van der Waals surface area contributed by atoms with Gasteiger partial charge in [-0.25, -0.2) is 4.79 Å². The molecule has 0 aromatic heterocycles. The van der Waals surface area contributed by atoms with Gasteiger partial charge in [-0.2, -0.15) is 0 Å². The van der Waals surface area contributed by atoms with Crippen molar-refractivity contribution in [1.82, 2.24) is 0 Å². The zero-order valence-electron chi connectivity index (χ0n) is 5.66. The van der Waals surface area contributed by atoms with Gasteiger partial charge in [0.2, 0.25) is 11.7 Å². The fraction of sp³-hybridized carbons (Fsp3) is 0.167. The summed E-state index contributed by atoms with van der Waals surface area (Å²) in [6.45, 7) is 3.12. The van der Waals surface area contributed by atoms with E-state index in [0.717, 1.165) is 0 Å². The molecular weight excluding hydrogens is 150 g/mol. The molecule has 0 aromatic carbocycles. The van der Waals surface area contributed by atoms with E-state index in [9.17, 15) is 14.4 Å². The number of amides is 1. The molecule has 0 aliphatic rings. The van der Waals surface area contributed by atoms with Crippen LogP contribution in [0.3, 0.4) is 0 Å². The fourth-order valence-corrected chi connectivity index (χ4v) is 0.357. The van der Waals surface area contributed by atoms with E-state index >= 15 is 0 Å². The number of ketones is 1. The van der Waals surface area contributed by atoms with E-state index < -0.39 is 24.1 Å². The van der Waals surface area contributed by atoms with Crippen molar-refractivity contribution in [2.75, 3.05) is 0 Å². The Hall–Kier alpha value is -1.65. The molecule has 60 valence electrons. The maximum Gasteiger partial charge on any atom is 0.372 e. The number of carbonyl (C=O) groups is 3. The standard InChI is InChI=1S/C6H7NO4/c1-3(5(7)9)2-4(8)6(10)11/h1-2H2,(H2,7,9)(H,10,11). The lowest BCUT2D eigenvalue weighted by atomic mass is 10.1. The Kier molecular flexibility index (Phi) is 2.98. The van der Waals surface area contributed by atoms with Gasteiger partial charge in [-0.1, -0.05) is 6.58 Å². The molecule has 3 N–H and O–H groups in total. The van der Waals surface area contributed by atoms with Gasteiger partial charge in [-0.15, -0.1) is 0 Å². The van der Waals surface area contributed by atoms with Gasteiger partial charge in [0.15, 0.2) is 0 Å². The first-order valence-corrected chi connectivity index (χ1v) is 2.69. The molecular formula is C6H7NO4. The summed E-state index contributed by atoms with van der Waals surface area (Å²) in [5.41, 5.74) is 4.50. The molecule has 1 amide bonds. The molecule has 0 spiro atoms. The number of carboxylic acid groups (broad SMARTS) is 1. The van der Waals surface area contributed by atoms with Crippen LogP contribution in [0.4, 0.5) is 0 Å². The normalized spacial score (nSPS) is 8.73. The molecule has 5 nitrogen and oxygen atoms in total. The molecule has 0 saturated carbocycles. The molecule has 0 heterocycles. The lowest BCUT2D eigenvalue weighted by Crippen LogP contribution is -2.19. The number of primary amides is 1. The number of aliphatic carboxylic acids is 1. The van der Waals surface area contributed by atoms with Crippen LogP contribution in [-0.4, -0.2) is 22.8 Å². The molecule has 0 radical (unpaired) electrons. The second-order valence-corrected chi connectivity index (χ2v) is 1.87. The van der Waals surface area contributed by atoms with Crippen LogP contribution in [0.15, 0.2) is 12.2 Å². The van der Waals surface area contributed by atoms with Crippen LogP contribution in [0.2, 0.25) is 0 Å². The van der Waals surface area contributed by atoms with Gasteiger partial charge in [-0.05, 0) is 0 Å².